The maximum Gasteiger partial charge on any atom is 0.254 e. The quantitative estimate of drug-likeness (QED) is 0.899. The molecule has 0 bridgehead atoms. The molecule has 2 rings (SSSR count). The van der Waals surface area contributed by atoms with Gasteiger partial charge in [-0.15, -0.1) is 0 Å². The van der Waals surface area contributed by atoms with Gasteiger partial charge in [-0.1, -0.05) is 18.2 Å². The van der Waals surface area contributed by atoms with Crippen LogP contribution >= 0.6 is 0 Å². The number of fused-ring (bicyclic) bond motifs is 1. The second kappa shape index (κ2) is 5.04. The molecule has 0 saturated carbocycles. The predicted molar refractivity (Wildman–Crippen MR) is 73.4 cm³/mol. The van der Waals surface area contributed by atoms with Crippen molar-refractivity contribution in [3.8, 4) is 0 Å². The van der Waals surface area contributed by atoms with Gasteiger partial charge in [0.25, 0.3) is 5.91 Å². The van der Waals surface area contributed by atoms with Crippen molar-refractivity contribution in [1.29, 1.82) is 0 Å². The molecule has 2 N–H and O–H groups in total. The molecule has 1 heterocycles. The first kappa shape index (κ1) is 12.4. The summed E-state index contributed by atoms with van der Waals surface area (Å²) in [5.41, 5.74) is 7.15. The summed E-state index contributed by atoms with van der Waals surface area (Å²) in [4.78, 5) is 18.4. The van der Waals surface area contributed by atoms with Gasteiger partial charge in [-0.05, 0) is 26.0 Å². The average Bonchev–Trinajstić information content (AvgIpc) is 2.39. The third-order valence-electron chi connectivity index (χ3n) is 3.02. The molecule has 0 atom stereocenters. The molecule has 2 aromatic rings. The molecule has 4 heteroatoms. The Labute approximate surface area is 106 Å². The zero-order valence-corrected chi connectivity index (χ0v) is 10.7. The number of carbonyl (C=O) groups is 1. The van der Waals surface area contributed by atoms with Crippen LogP contribution in [0.1, 0.15) is 24.2 Å². The molecule has 1 aromatic carbocycles. The van der Waals surface area contributed by atoms with Crippen LogP contribution in [0.3, 0.4) is 0 Å². The SMILES string of the molecule is CCN(CC)C(=O)c1cc(N)nc2ccccc12. The number of para-hydroxylation sites is 1. The number of aromatic nitrogens is 1. The second-order valence-corrected chi connectivity index (χ2v) is 4.09. The summed E-state index contributed by atoms with van der Waals surface area (Å²) in [5.74, 6) is 0.384. The summed E-state index contributed by atoms with van der Waals surface area (Å²) in [7, 11) is 0. The van der Waals surface area contributed by atoms with E-state index in [1.54, 1.807) is 11.0 Å². The van der Waals surface area contributed by atoms with Crippen LogP contribution in [0.4, 0.5) is 5.82 Å². The minimum Gasteiger partial charge on any atom is -0.384 e. The first-order valence-corrected chi connectivity index (χ1v) is 6.11. The molecule has 0 unspecified atom stereocenters. The number of carbonyl (C=O) groups excluding carboxylic acids is 1. The number of pyridine rings is 1. The fraction of sp³-hybridized carbons (Fsp3) is 0.286. The first-order chi connectivity index (χ1) is 8.67. The van der Waals surface area contributed by atoms with Gasteiger partial charge in [0.05, 0.1) is 11.1 Å². The Bertz CT molecular complexity index is 576. The van der Waals surface area contributed by atoms with E-state index in [4.69, 9.17) is 5.73 Å². The van der Waals surface area contributed by atoms with Crippen molar-refractivity contribution in [2.75, 3.05) is 18.8 Å². The summed E-state index contributed by atoms with van der Waals surface area (Å²) in [6.45, 7) is 5.31. The Morgan fingerprint density at radius 3 is 2.61 bits per heavy atom. The van der Waals surface area contributed by atoms with E-state index < -0.39 is 0 Å². The van der Waals surface area contributed by atoms with Crippen molar-refractivity contribution in [1.82, 2.24) is 9.88 Å². The Kier molecular flexibility index (Phi) is 3.46. The molecule has 0 aliphatic carbocycles. The maximum atomic E-state index is 12.4. The molecule has 0 aliphatic heterocycles. The van der Waals surface area contributed by atoms with Crippen molar-refractivity contribution in [2.24, 2.45) is 0 Å². The van der Waals surface area contributed by atoms with Crippen molar-refractivity contribution in [3.05, 3.63) is 35.9 Å². The summed E-state index contributed by atoms with van der Waals surface area (Å²) in [6.07, 6.45) is 0. The first-order valence-electron chi connectivity index (χ1n) is 6.11. The zero-order valence-electron chi connectivity index (χ0n) is 10.7. The molecule has 0 fully saturated rings. The highest BCUT2D eigenvalue weighted by Crippen LogP contribution is 2.20. The highest BCUT2D eigenvalue weighted by atomic mass is 16.2. The fourth-order valence-corrected chi connectivity index (χ4v) is 2.05. The van der Waals surface area contributed by atoms with Gasteiger partial charge in [-0.2, -0.15) is 0 Å². The smallest absolute Gasteiger partial charge is 0.254 e. The molecule has 18 heavy (non-hydrogen) atoms. The second-order valence-electron chi connectivity index (χ2n) is 4.09. The number of nitrogens with two attached hydrogens (primary N) is 1. The number of nitrogen functional groups attached to an aromatic ring is 1. The Hall–Kier alpha value is -2.10. The number of nitrogens with zero attached hydrogens (tertiary/aromatic N) is 2. The van der Waals surface area contributed by atoms with E-state index in [-0.39, 0.29) is 5.91 Å². The highest BCUT2D eigenvalue weighted by Gasteiger charge is 2.16. The van der Waals surface area contributed by atoms with E-state index in [2.05, 4.69) is 4.98 Å². The standard InChI is InChI=1S/C14H17N3O/c1-3-17(4-2)14(18)11-9-13(15)16-12-8-6-5-7-10(11)12/h5-9H,3-4H2,1-2H3,(H2,15,16). The molecule has 0 radical (unpaired) electrons. The van der Waals surface area contributed by atoms with Gasteiger partial charge in [-0.25, -0.2) is 4.98 Å². The molecular formula is C14H17N3O. The normalized spacial score (nSPS) is 10.6. The molecule has 1 aromatic heterocycles. The number of anilines is 1. The van der Waals surface area contributed by atoms with E-state index in [9.17, 15) is 4.79 Å². The Morgan fingerprint density at radius 2 is 1.94 bits per heavy atom. The lowest BCUT2D eigenvalue weighted by Gasteiger charge is -2.19. The molecule has 0 saturated heterocycles. The third kappa shape index (κ3) is 2.14. The predicted octanol–water partition coefficient (Wildman–Crippen LogP) is 2.30. The number of hydrogen-bond acceptors (Lipinski definition) is 3. The van der Waals surface area contributed by atoms with Crippen molar-refractivity contribution < 1.29 is 4.79 Å². The highest BCUT2D eigenvalue weighted by molar-refractivity contribution is 6.06. The van der Waals surface area contributed by atoms with Gasteiger partial charge in [0.15, 0.2) is 0 Å². The van der Waals surface area contributed by atoms with Gasteiger partial charge in [0.1, 0.15) is 5.82 Å². The topological polar surface area (TPSA) is 59.2 Å². The minimum absolute atomic E-state index is 0.00491. The van der Waals surface area contributed by atoms with Crippen molar-refractivity contribution in [2.45, 2.75) is 13.8 Å². The van der Waals surface area contributed by atoms with Crippen LogP contribution in [0.25, 0.3) is 10.9 Å². The Morgan fingerprint density at radius 1 is 1.28 bits per heavy atom. The Balaban J connectivity index is 2.59. The average molecular weight is 243 g/mol. The van der Waals surface area contributed by atoms with E-state index in [0.29, 0.717) is 24.5 Å². The molecule has 4 nitrogen and oxygen atoms in total. The largest absolute Gasteiger partial charge is 0.384 e. The van der Waals surface area contributed by atoms with Gasteiger partial charge in [-0.3, -0.25) is 4.79 Å². The lowest BCUT2D eigenvalue weighted by atomic mass is 10.1. The molecule has 94 valence electrons. The van der Waals surface area contributed by atoms with Gasteiger partial charge in [0.2, 0.25) is 0 Å². The number of amides is 1. The van der Waals surface area contributed by atoms with Crippen LogP contribution in [0.2, 0.25) is 0 Å². The number of benzene rings is 1. The van der Waals surface area contributed by atoms with Gasteiger partial charge in [0, 0.05) is 18.5 Å². The van der Waals surface area contributed by atoms with Crippen molar-refractivity contribution >= 4 is 22.6 Å². The van der Waals surface area contributed by atoms with Crippen LogP contribution in [0.15, 0.2) is 30.3 Å². The monoisotopic (exact) mass is 243 g/mol. The molecule has 0 aliphatic rings. The lowest BCUT2D eigenvalue weighted by Crippen LogP contribution is -2.30. The molecule has 1 amide bonds. The molecular weight excluding hydrogens is 226 g/mol. The van der Waals surface area contributed by atoms with E-state index in [1.165, 1.54) is 0 Å². The number of rotatable bonds is 3. The van der Waals surface area contributed by atoms with Crippen LogP contribution in [-0.4, -0.2) is 28.9 Å². The molecule has 0 spiro atoms. The lowest BCUT2D eigenvalue weighted by molar-refractivity contribution is 0.0775. The summed E-state index contributed by atoms with van der Waals surface area (Å²) in [5, 5.41) is 0.851. The third-order valence-corrected chi connectivity index (χ3v) is 3.02. The van der Waals surface area contributed by atoms with E-state index in [0.717, 1.165) is 10.9 Å². The van der Waals surface area contributed by atoms with Crippen LogP contribution < -0.4 is 5.73 Å². The van der Waals surface area contributed by atoms with Crippen LogP contribution in [0, 0.1) is 0 Å². The minimum atomic E-state index is 0.00491. The maximum absolute atomic E-state index is 12.4. The summed E-state index contributed by atoms with van der Waals surface area (Å²) < 4.78 is 0. The van der Waals surface area contributed by atoms with Crippen molar-refractivity contribution in [3.63, 3.8) is 0 Å². The van der Waals surface area contributed by atoms with Gasteiger partial charge >= 0.3 is 0 Å². The van der Waals surface area contributed by atoms with E-state index >= 15 is 0 Å². The summed E-state index contributed by atoms with van der Waals surface area (Å²) in [6, 6.07) is 9.21. The van der Waals surface area contributed by atoms with E-state index in [1.807, 2.05) is 38.1 Å². The number of hydrogen-bond donors (Lipinski definition) is 1. The van der Waals surface area contributed by atoms with Crippen LogP contribution in [-0.2, 0) is 0 Å². The van der Waals surface area contributed by atoms with Crippen LogP contribution in [0.5, 0.6) is 0 Å². The zero-order chi connectivity index (χ0) is 13.1. The fourth-order valence-electron chi connectivity index (χ4n) is 2.05. The van der Waals surface area contributed by atoms with Gasteiger partial charge < -0.3 is 10.6 Å². The summed E-state index contributed by atoms with van der Waals surface area (Å²) >= 11 is 0.